The van der Waals surface area contributed by atoms with Crippen molar-refractivity contribution < 1.29 is 8.42 Å². The normalized spacial score (nSPS) is 11.6. The first-order chi connectivity index (χ1) is 7.97. The minimum atomic E-state index is -2.81. The molecular weight excluding hydrogens is 234 g/mol. The SMILES string of the molecule is Cc1cccc(CCNCCCS(C)(=O)=O)c1. The molecule has 0 aliphatic rings. The topological polar surface area (TPSA) is 46.2 Å². The second-order valence-corrected chi connectivity index (χ2v) is 6.73. The second-order valence-electron chi connectivity index (χ2n) is 4.47. The van der Waals surface area contributed by atoms with E-state index >= 15 is 0 Å². The van der Waals surface area contributed by atoms with Gasteiger partial charge in [0, 0.05) is 6.26 Å². The van der Waals surface area contributed by atoms with Crippen LogP contribution in [0.15, 0.2) is 24.3 Å². The molecule has 1 aromatic carbocycles. The maximum Gasteiger partial charge on any atom is 0.147 e. The maximum atomic E-state index is 10.9. The van der Waals surface area contributed by atoms with Crippen molar-refractivity contribution in [1.82, 2.24) is 5.32 Å². The van der Waals surface area contributed by atoms with Gasteiger partial charge in [0.25, 0.3) is 0 Å². The van der Waals surface area contributed by atoms with Crippen LogP contribution in [0.5, 0.6) is 0 Å². The van der Waals surface area contributed by atoms with Gasteiger partial charge >= 0.3 is 0 Å². The highest BCUT2D eigenvalue weighted by atomic mass is 32.2. The Balaban J connectivity index is 2.13. The van der Waals surface area contributed by atoms with E-state index in [1.54, 1.807) is 0 Å². The standard InChI is InChI=1S/C13H21NO2S/c1-12-5-3-6-13(11-12)7-9-14-8-4-10-17(2,15)16/h3,5-6,11,14H,4,7-10H2,1-2H3. The first-order valence-corrected chi connectivity index (χ1v) is 7.97. The third-order valence-electron chi connectivity index (χ3n) is 2.54. The summed E-state index contributed by atoms with van der Waals surface area (Å²) in [6.07, 6.45) is 2.95. The molecule has 0 unspecified atom stereocenters. The average Bonchev–Trinajstić information content (AvgIpc) is 2.22. The monoisotopic (exact) mass is 255 g/mol. The van der Waals surface area contributed by atoms with Crippen LogP contribution in [-0.2, 0) is 16.3 Å². The Morgan fingerprint density at radius 2 is 2.00 bits per heavy atom. The molecule has 0 radical (unpaired) electrons. The predicted octanol–water partition coefficient (Wildman–Crippen LogP) is 1.56. The molecule has 1 aromatic rings. The molecule has 0 saturated carbocycles. The zero-order valence-electron chi connectivity index (χ0n) is 10.6. The van der Waals surface area contributed by atoms with Crippen LogP contribution < -0.4 is 5.32 Å². The number of hydrogen-bond donors (Lipinski definition) is 1. The van der Waals surface area contributed by atoms with Gasteiger partial charge in [0.15, 0.2) is 0 Å². The molecule has 1 rings (SSSR count). The van der Waals surface area contributed by atoms with Crippen molar-refractivity contribution in [3.63, 3.8) is 0 Å². The van der Waals surface area contributed by atoms with E-state index in [-0.39, 0.29) is 5.75 Å². The molecule has 0 aliphatic heterocycles. The summed E-state index contributed by atoms with van der Waals surface area (Å²) in [6, 6.07) is 8.45. The smallest absolute Gasteiger partial charge is 0.147 e. The molecule has 0 saturated heterocycles. The predicted molar refractivity (Wildman–Crippen MR) is 72.1 cm³/mol. The van der Waals surface area contributed by atoms with Crippen molar-refractivity contribution in [1.29, 1.82) is 0 Å². The number of rotatable bonds is 7. The van der Waals surface area contributed by atoms with Crippen molar-refractivity contribution in [2.75, 3.05) is 25.1 Å². The Kier molecular flexibility index (Phi) is 5.65. The van der Waals surface area contributed by atoms with Gasteiger partial charge in [-0.1, -0.05) is 29.8 Å². The van der Waals surface area contributed by atoms with Gasteiger partial charge in [-0.05, 0) is 38.4 Å². The van der Waals surface area contributed by atoms with E-state index in [4.69, 9.17) is 0 Å². The highest BCUT2D eigenvalue weighted by Gasteiger charge is 2.00. The third kappa shape index (κ3) is 7.13. The van der Waals surface area contributed by atoms with Gasteiger partial charge in [-0.3, -0.25) is 0 Å². The lowest BCUT2D eigenvalue weighted by Gasteiger charge is -2.05. The van der Waals surface area contributed by atoms with Gasteiger partial charge < -0.3 is 5.32 Å². The van der Waals surface area contributed by atoms with Gasteiger partial charge in [0.05, 0.1) is 5.75 Å². The molecule has 0 heterocycles. The Labute approximate surface area is 104 Å². The van der Waals surface area contributed by atoms with E-state index in [9.17, 15) is 8.42 Å². The summed E-state index contributed by atoms with van der Waals surface area (Å²) in [5.41, 5.74) is 2.60. The molecule has 0 bridgehead atoms. The number of hydrogen-bond acceptors (Lipinski definition) is 3. The van der Waals surface area contributed by atoms with Crippen LogP contribution in [0.4, 0.5) is 0 Å². The fourth-order valence-corrected chi connectivity index (χ4v) is 2.35. The summed E-state index contributed by atoms with van der Waals surface area (Å²) in [6.45, 7) is 3.75. The molecule has 0 aromatic heterocycles. The molecule has 4 heteroatoms. The minimum absolute atomic E-state index is 0.268. The van der Waals surface area contributed by atoms with Crippen LogP contribution in [-0.4, -0.2) is 33.5 Å². The van der Waals surface area contributed by atoms with Crippen molar-refractivity contribution in [3.05, 3.63) is 35.4 Å². The molecule has 0 aliphatic carbocycles. The first-order valence-electron chi connectivity index (χ1n) is 5.91. The van der Waals surface area contributed by atoms with E-state index < -0.39 is 9.84 Å². The van der Waals surface area contributed by atoms with E-state index in [0.29, 0.717) is 6.42 Å². The summed E-state index contributed by atoms with van der Waals surface area (Å²) in [4.78, 5) is 0. The van der Waals surface area contributed by atoms with Crippen molar-refractivity contribution in [2.24, 2.45) is 0 Å². The summed E-state index contributed by atoms with van der Waals surface area (Å²) < 4.78 is 21.8. The lowest BCUT2D eigenvalue weighted by atomic mass is 10.1. The van der Waals surface area contributed by atoms with E-state index in [1.165, 1.54) is 17.4 Å². The molecule has 0 amide bonds. The molecule has 0 fully saturated rings. The van der Waals surface area contributed by atoms with Crippen LogP contribution in [0.2, 0.25) is 0 Å². The van der Waals surface area contributed by atoms with E-state index in [0.717, 1.165) is 19.5 Å². The first kappa shape index (κ1) is 14.2. The fraction of sp³-hybridized carbons (Fsp3) is 0.538. The second kappa shape index (κ2) is 6.77. The molecule has 1 N–H and O–H groups in total. The maximum absolute atomic E-state index is 10.9. The number of aryl methyl sites for hydroxylation is 1. The van der Waals surface area contributed by atoms with Gasteiger partial charge in [-0.15, -0.1) is 0 Å². The van der Waals surface area contributed by atoms with E-state index in [1.807, 2.05) is 0 Å². The number of benzene rings is 1. The van der Waals surface area contributed by atoms with Crippen LogP contribution in [0, 0.1) is 6.92 Å². The van der Waals surface area contributed by atoms with Crippen molar-refractivity contribution in [2.45, 2.75) is 19.8 Å². The minimum Gasteiger partial charge on any atom is -0.316 e. The molecule has 17 heavy (non-hydrogen) atoms. The summed E-state index contributed by atoms with van der Waals surface area (Å²) >= 11 is 0. The molecular formula is C13H21NO2S. The van der Waals surface area contributed by atoms with Gasteiger partial charge in [0.1, 0.15) is 9.84 Å². The number of nitrogens with one attached hydrogen (secondary N) is 1. The third-order valence-corrected chi connectivity index (χ3v) is 3.57. The molecule has 96 valence electrons. The molecule has 3 nitrogen and oxygen atoms in total. The summed E-state index contributed by atoms with van der Waals surface area (Å²) in [5, 5.41) is 3.26. The Morgan fingerprint density at radius 3 is 2.65 bits per heavy atom. The molecule has 0 atom stereocenters. The highest BCUT2D eigenvalue weighted by Crippen LogP contribution is 2.03. The Morgan fingerprint density at radius 1 is 1.24 bits per heavy atom. The van der Waals surface area contributed by atoms with Crippen LogP contribution in [0.1, 0.15) is 17.5 Å². The van der Waals surface area contributed by atoms with Crippen LogP contribution in [0.3, 0.4) is 0 Å². The fourth-order valence-electron chi connectivity index (χ4n) is 1.68. The van der Waals surface area contributed by atoms with Crippen molar-refractivity contribution >= 4 is 9.84 Å². The number of sulfone groups is 1. The van der Waals surface area contributed by atoms with Gasteiger partial charge in [-0.2, -0.15) is 0 Å². The van der Waals surface area contributed by atoms with Gasteiger partial charge in [0.2, 0.25) is 0 Å². The summed E-state index contributed by atoms with van der Waals surface area (Å²) in [5.74, 6) is 0.268. The van der Waals surface area contributed by atoms with Crippen LogP contribution >= 0.6 is 0 Å². The largest absolute Gasteiger partial charge is 0.316 e. The highest BCUT2D eigenvalue weighted by molar-refractivity contribution is 7.90. The quantitative estimate of drug-likeness (QED) is 0.752. The Bertz CT molecular complexity index is 440. The lowest BCUT2D eigenvalue weighted by Crippen LogP contribution is -2.20. The van der Waals surface area contributed by atoms with Crippen LogP contribution in [0.25, 0.3) is 0 Å². The van der Waals surface area contributed by atoms with Gasteiger partial charge in [-0.25, -0.2) is 8.42 Å². The van der Waals surface area contributed by atoms with Crippen molar-refractivity contribution in [3.8, 4) is 0 Å². The average molecular weight is 255 g/mol. The van der Waals surface area contributed by atoms with E-state index in [2.05, 4.69) is 36.5 Å². The summed E-state index contributed by atoms with van der Waals surface area (Å²) in [7, 11) is -2.81. The molecule has 0 spiro atoms. The lowest BCUT2D eigenvalue weighted by molar-refractivity contribution is 0.594. The zero-order valence-corrected chi connectivity index (χ0v) is 11.4. The Hall–Kier alpha value is -0.870. The zero-order chi connectivity index (χ0) is 12.7.